The van der Waals surface area contributed by atoms with Crippen molar-refractivity contribution >= 4 is 35.3 Å². The van der Waals surface area contributed by atoms with Gasteiger partial charge in [-0.25, -0.2) is 9.59 Å². The molecule has 0 aliphatic heterocycles. The van der Waals surface area contributed by atoms with E-state index in [1.54, 1.807) is 45.9 Å². The predicted octanol–water partition coefficient (Wildman–Crippen LogP) is 4.49. The molecule has 0 saturated heterocycles. The molecule has 0 aliphatic rings. The minimum Gasteiger partial charge on any atom is -0.465 e. The first kappa shape index (κ1) is 27.0. The summed E-state index contributed by atoms with van der Waals surface area (Å²) in [6.45, 7) is 7.27. The Morgan fingerprint density at radius 1 is 1.00 bits per heavy atom. The fraction of sp³-hybridized carbons (Fsp3) is 0.400. The Balaban J connectivity index is 2.10. The molecule has 0 saturated carbocycles. The normalized spacial score (nSPS) is 11.8. The van der Waals surface area contributed by atoms with E-state index in [0.29, 0.717) is 22.9 Å². The lowest BCUT2D eigenvalue weighted by Gasteiger charge is -2.23. The second-order valence-corrected chi connectivity index (χ2v) is 8.88. The maximum Gasteiger partial charge on any atom is 0.408 e. The van der Waals surface area contributed by atoms with E-state index in [1.807, 2.05) is 30.3 Å². The molecule has 2 rings (SSSR count). The van der Waals surface area contributed by atoms with Gasteiger partial charge in [0.1, 0.15) is 24.8 Å². The quantitative estimate of drug-likeness (QED) is 0.373. The second-order valence-electron chi connectivity index (χ2n) is 8.47. The van der Waals surface area contributed by atoms with Gasteiger partial charge in [-0.15, -0.1) is 0 Å². The van der Waals surface area contributed by atoms with Gasteiger partial charge in [-0.05, 0) is 51.0 Å². The average molecular weight is 491 g/mol. The molecule has 0 bridgehead atoms. The Bertz CT molecular complexity index is 975. The molecule has 2 N–H and O–H groups in total. The number of carbonyl (C=O) groups excluding carboxylic acids is 3. The van der Waals surface area contributed by atoms with Crippen LogP contribution in [0.15, 0.2) is 48.5 Å². The molecule has 0 radical (unpaired) electrons. The number of halogens is 1. The summed E-state index contributed by atoms with van der Waals surface area (Å²) < 4.78 is 15.6. The first-order valence-electron chi connectivity index (χ1n) is 11.0. The minimum atomic E-state index is -0.993. The van der Waals surface area contributed by atoms with Crippen LogP contribution in [0.1, 0.15) is 38.8 Å². The number of alkyl carbamates (subject to hydrolysis) is 1. The highest BCUT2D eigenvalue weighted by molar-refractivity contribution is 6.33. The van der Waals surface area contributed by atoms with Crippen molar-refractivity contribution in [2.75, 3.05) is 18.5 Å². The summed E-state index contributed by atoms with van der Waals surface area (Å²) in [5.41, 5.74) is 1.33. The SMILES string of the molecule is CCOC(=O)CNc1ccc(C[C@H](NC(=O)OC(C)(C)C)C(=O)OCc2ccccc2)cc1Cl. The van der Waals surface area contributed by atoms with Crippen LogP contribution in [0, 0.1) is 0 Å². The molecule has 184 valence electrons. The average Bonchev–Trinajstić information content (AvgIpc) is 2.76. The van der Waals surface area contributed by atoms with Crippen molar-refractivity contribution in [1.82, 2.24) is 5.32 Å². The Morgan fingerprint density at radius 3 is 2.32 bits per heavy atom. The van der Waals surface area contributed by atoms with Gasteiger partial charge in [0.25, 0.3) is 0 Å². The Kier molecular flexibility index (Phi) is 10.2. The molecular weight excluding hydrogens is 460 g/mol. The first-order valence-corrected chi connectivity index (χ1v) is 11.3. The molecule has 9 heteroatoms. The topological polar surface area (TPSA) is 103 Å². The number of benzene rings is 2. The fourth-order valence-corrected chi connectivity index (χ4v) is 3.19. The van der Waals surface area contributed by atoms with E-state index >= 15 is 0 Å². The molecule has 8 nitrogen and oxygen atoms in total. The highest BCUT2D eigenvalue weighted by atomic mass is 35.5. The van der Waals surface area contributed by atoms with Gasteiger partial charge >= 0.3 is 18.0 Å². The highest BCUT2D eigenvalue weighted by Gasteiger charge is 2.26. The third-order valence-electron chi connectivity index (χ3n) is 4.40. The molecule has 0 unspecified atom stereocenters. The fourth-order valence-electron chi connectivity index (χ4n) is 2.92. The summed E-state index contributed by atoms with van der Waals surface area (Å²) in [6, 6.07) is 13.3. The summed E-state index contributed by atoms with van der Waals surface area (Å²) in [5, 5.41) is 5.86. The van der Waals surface area contributed by atoms with Crippen molar-refractivity contribution < 1.29 is 28.6 Å². The van der Waals surface area contributed by atoms with E-state index in [-0.39, 0.29) is 19.6 Å². The van der Waals surface area contributed by atoms with Gasteiger partial charge in [0.05, 0.1) is 17.3 Å². The lowest BCUT2D eigenvalue weighted by molar-refractivity contribution is -0.147. The van der Waals surface area contributed by atoms with E-state index in [1.165, 1.54) is 0 Å². The van der Waals surface area contributed by atoms with Crippen molar-refractivity contribution in [3.05, 3.63) is 64.7 Å². The Labute approximate surface area is 204 Å². The lowest BCUT2D eigenvalue weighted by Crippen LogP contribution is -2.45. The molecule has 1 atom stereocenters. The van der Waals surface area contributed by atoms with Crippen LogP contribution in [0.4, 0.5) is 10.5 Å². The largest absolute Gasteiger partial charge is 0.465 e. The Hall–Kier alpha value is -3.26. The van der Waals surface area contributed by atoms with Crippen LogP contribution in [0.2, 0.25) is 5.02 Å². The summed E-state index contributed by atoms with van der Waals surface area (Å²) >= 11 is 6.34. The van der Waals surface area contributed by atoms with Crippen LogP contribution in [0.3, 0.4) is 0 Å². The molecule has 2 aromatic rings. The summed E-state index contributed by atoms with van der Waals surface area (Å²) in [7, 11) is 0. The zero-order valence-corrected chi connectivity index (χ0v) is 20.6. The number of hydrogen-bond acceptors (Lipinski definition) is 7. The number of anilines is 1. The van der Waals surface area contributed by atoms with Crippen molar-refractivity contribution in [1.29, 1.82) is 0 Å². The number of nitrogens with one attached hydrogen (secondary N) is 2. The molecule has 1 amide bonds. The lowest BCUT2D eigenvalue weighted by atomic mass is 10.1. The van der Waals surface area contributed by atoms with Gasteiger partial charge in [-0.1, -0.05) is 48.0 Å². The maximum absolute atomic E-state index is 12.8. The van der Waals surface area contributed by atoms with Crippen LogP contribution in [-0.2, 0) is 36.8 Å². The predicted molar refractivity (Wildman–Crippen MR) is 130 cm³/mol. The zero-order valence-electron chi connectivity index (χ0n) is 19.9. The van der Waals surface area contributed by atoms with Crippen LogP contribution >= 0.6 is 11.6 Å². The number of hydrogen-bond donors (Lipinski definition) is 2. The molecular formula is C25H31ClN2O6. The molecule has 0 spiro atoms. The molecule has 0 aromatic heterocycles. The number of rotatable bonds is 10. The zero-order chi connectivity index (χ0) is 25.1. The minimum absolute atomic E-state index is 0.0262. The van der Waals surface area contributed by atoms with Gasteiger partial charge in [0.2, 0.25) is 0 Å². The number of ether oxygens (including phenoxy) is 3. The van der Waals surface area contributed by atoms with Gasteiger partial charge in [-0.2, -0.15) is 0 Å². The monoisotopic (exact) mass is 490 g/mol. The smallest absolute Gasteiger partial charge is 0.408 e. The number of carbonyl (C=O) groups is 3. The van der Waals surface area contributed by atoms with Crippen molar-refractivity contribution in [2.45, 2.75) is 52.4 Å². The van der Waals surface area contributed by atoms with E-state index in [9.17, 15) is 14.4 Å². The number of amides is 1. The summed E-state index contributed by atoms with van der Waals surface area (Å²) in [6.07, 6.45) is -0.599. The van der Waals surface area contributed by atoms with Crippen LogP contribution in [0.5, 0.6) is 0 Å². The summed E-state index contributed by atoms with van der Waals surface area (Å²) in [4.78, 5) is 36.7. The van der Waals surface area contributed by atoms with Gasteiger partial charge in [0, 0.05) is 6.42 Å². The van der Waals surface area contributed by atoms with Gasteiger partial charge < -0.3 is 24.8 Å². The number of esters is 2. The molecule has 0 aliphatic carbocycles. The van der Waals surface area contributed by atoms with E-state index in [4.69, 9.17) is 25.8 Å². The Morgan fingerprint density at radius 2 is 1.71 bits per heavy atom. The third-order valence-corrected chi connectivity index (χ3v) is 4.71. The van der Waals surface area contributed by atoms with E-state index in [2.05, 4.69) is 10.6 Å². The highest BCUT2D eigenvalue weighted by Crippen LogP contribution is 2.24. The third kappa shape index (κ3) is 9.70. The molecule has 0 heterocycles. The van der Waals surface area contributed by atoms with E-state index in [0.717, 1.165) is 5.56 Å². The van der Waals surface area contributed by atoms with E-state index < -0.39 is 29.7 Å². The second kappa shape index (κ2) is 12.8. The first-order chi connectivity index (χ1) is 16.1. The van der Waals surface area contributed by atoms with Crippen LogP contribution in [-0.4, -0.2) is 42.8 Å². The van der Waals surface area contributed by atoms with Crippen molar-refractivity contribution in [3.8, 4) is 0 Å². The van der Waals surface area contributed by atoms with Gasteiger partial charge in [0.15, 0.2) is 0 Å². The molecule has 0 fully saturated rings. The standard InChI is InChI=1S/C25H31ClN2O6/c1-5-32-22(29)15-27-20-12-11-18(13-19(20)26)14-21(28-24(31)34-25(2,3)4)23(30)33-16-17-9-7-6-8-10-17/h6-13,21,27H,5,14-16H2,1-4H3,(H,28,31)/t21-/m0/s1. The van der Waals surface area contributed by atoms with Crippen molar-refractivity contribution in [2.24, 2.45) is 0 Å². The van der Waals surface area contributed by atoms with Gasteiger partial charge in [-0.3, -0.25) is 4.79 Å². The van der Waals surface area contributed by atoms with Crippen LogP contribution in [0.25, 0.3) is 0 Å². The van der Waals surface area contributed by atoms with Crippen molar-refractivity contribution in [3.63, 3.8) is 0 Å². The van der Waals surface area contributed by atoms with Crippen LogP contribution < -0.4 is 10.6 Å². The maximum atomic E-state index is 12.8. The summed E-state index contributed by atoms with van der Waals surface area (Å²) in [5.74, 6) is -0.999. The molecule has 34 heavy (non-hydrogen) atoms. The molecule has 2 aromatic carbocycles.